The Bertz CT molecular complexity index is 566. The zero-order valence-electron chi connectivity index (χ0n) is 12.7. The number of hydrogen-bond acceptors (Lipinski definition) is 3. The molecule has 1 saturated heterocycles. The fraction of sp³-hybridized carbons (Fsp3) is 0.643. The smallest absolute Gasteiger partial charge is 0.244 e. The van der Waals surface area contributed by atoms with E-state index in [9.17, 15) is 8.42 Å². The summed E-state index contributed by atoms with van der Waals surface area (Å²) >= 11 is 5.74. The van der Waals surface area contributed by atoms with E-state index in [2.05, 4.69) is 18.8 Å². The molecule has 0 N–H and O–H groups in total. The van der Waals surface area contributed by atoms with Gasteiger partial charge in [0.25, 0.3) is 10.2 Å². The molecule has 0 aliphatic carbocycles. The van der Waals surface area contributed by atoms with E-state index in [1.54, 1.807) is 29.7 Å². The Labute approximate surface area is 132 Å². The lowest BCUT2D eigenvalue weighted by atomic mass is 9.94. The third-order valence-electron chi connectivity index (χ3n) is 3.75. The molecule has 118 valence electrons. The van der Waals surface area contributed by atoms with Gasteiger partial charge in [0.15, 0.2) is 0 Å². The van der Waals surface area contributed by atoms with Gasteiger partial charge in [0.1, 0.15) is 5.15 Å². The Balaban J connectivity index is 2.09. The van der Waals surface area contributed by atoms with Crippen molar-refractivity contribution in [1.29, 1.82) is 0 Å². The Morgan fingerprint density at radius 3 is 2.48 bits per heavy atom. The van der Waals surface area contributed by atoms with Crippen LogP contribution < -0.4 is 0 Å². The maximum atomic E-state index is 12.7. The van der Waals surface area contributed by atoms with E-state index in [4.69, 9.17) is 11.6 Å². The van der Waals surface area contributed by atoms with Gasteiger partial charge in [-0.3, -0.25) is 0 Å². The lowest BCUT2D eigenvalue weighted by molar-refractivity contribution is 0.211. The minimum absolute atomic E-state index is 0.297. The Kier molecular flexibility index (Phi) is 5.24. The molecule has 0 saturated carbocycles. The monoisotopic (exact) mass is 331 g/mol. The first kappa shape index (κ1) is 16.7. The van der Waals surface area contributed by atoms with Crippen molar-refractivity contribution in [3.8, 4) is 0 Å². The molecule has 2 unspecified atom stereocenters. The normalized spacial score (nSPS) is 24.4. The zero-order valence-corrected chi connectivity index (χ0v) is 14.2. The van der Waals surface area contributed by atoms with Crippen LogP contribution in [0.15, 0.2) is 18.3 Å². The van der Waals surface area contributed by atoms with Crippen molar-refractivity contribution in [2.45, 2.75) is 26.8 Å². The molecule has 2 rings (SSSR count). The molecule has 0 bridgehead atoms. The molecule has 1 aliphatic rings. The van der Waals surface area contributed by atoms with E-state index in [0.717, 1.165) is 12.0 Å². The minimum atomic E-state index is -3.43. The topological polar surface area (TPSA) is 53.5 Å². The van der Waals surface area contributed by atoms with Crippen LogP contribution >= 0.6 is 11.6 Å². The van der Waals surface area contributed by atoms with Gasteiger partial charge in [-0.25, -0.2) is 4.98 Å². The number of rotatable bonds is 4. The van der Waals surface area contributed by atoms with Crippen LogP contribution in [0.3, 0.4) is 0 Å². The van der Waals surface area contributed by atoms with Crippen LogP contribution in [0.25, 0.3) is 0 Å². The van der Waals surface area contributed by atoms with Crippen LogP contribution in [0.1, 0.15) is 25.8 Å². The number of piperidine rings is 1. The molecule has 0 radical (unpaired) electrons. The maximum absolute atomic E-state index is 12.7. The highest BCUT2D eigenvalue weighted by molar-refractivity contribution is 7.86. The second kappa shape index (κ2) is 6.60. The fourth-order valence-electron chi connectivity index (χ4n) is 2.83. The van der Waals surface area contributed by atoms with Gasteiger partial charge in [0, 0.05) is 32.9 Å². The predicted molar refractivity (Wildman–Crippen MR) is 84.2 cm³/mol. The molecular formula is C14H22ClN3O2S. The molecule has 7 heteroatoms. The summed E-state index contributed by atoms with van der Waals surface area (Å²) in [5.74, 6) is 0.795. The second-order valence-corrected chi connectivity index (χ2v) is 8.44. The molecule has 1 aromatic rings. The van der Waals surface area contributed by atoms with Crippen molar-refractivity contribution in [3.63, 3.8) is 0 Å². The summed E-state index contributed by atoms with van der Waals surface area (Å²) in [5.41, 5.74) is 0.823. The van der Waals surface area contributed by atoms with Crippen LogP contribution in [0, 0.1) is 11.8 Å². The fourth-order valence-corrected chi connectivity index (χ4v) is 4.53. The van der Waals surface area contributed by atoms with Crippen LogP contribution in [0.4, 0.5) is 0 Å². The highest BCUT2D eigenvalue weighted by Gasteiger charge is 2.33. The molecule has 1 aliphatic heterocycles. The summed E-state index contributed by atoms with van der Waals surface area (Å²) in [5, 5.41) is 0.406. The third-order valence-corrected chi connectivity index (χ3v) is 5.84. The SMILES string of the molecule is CC1CC(C)CN(S(=O)(=O)N(C)Cc2ccc(Cl)nc2)C1. The number of pyridine rings is 1. The molecule has 21 heavy (non-hydrogen) atoms. The van der Waals surface area contributed by atoms with E-state index >= 15 is 0 Å². The van der Waals surface area contributed by atoms with Crippen LogP contribution in [0.5, 0.6) is 0 Å². The molecule has 5 nitrogen and oxygen atoms in total. The van der Waals surface area contributed by atoms with E-state index in [-0.39, 0.29) is 0 Å². The predicted octanol–water partition coefficient (Wildman–Crippen LogP) is 2.39. The standard InChI is InChI=1S/C14H22ClN3O2S/c1-11-6-12(2)9-18(8-11)21(19,20)17(3)10-13-4-5-14(15)16-7-13/h4-5,7,11-12H,6,8-10H2,1-3H3. The molecular weight excluding hydrogens is 310 g/mol. The molecule has 1 aromatic heterocycles. The minimum Gasteiger partial charge on any atom is -0.244 e. The molecule has 1 fully saturated rings. The van der Waals surface area contributed by atoms with E-state index in [1.165, 1.54) is 4.31 Å². The van der Waals surface area contributed by atoms with Gasteiger partial charge in [-0.2, -0.15) is 17.0 Å². The quantitative estimate of drug-likeness (QED) is 0.796. The number of aromatic nitrogens is 1. The highest BCUT2D eigenvalue weighted by Crippen LogP contribution is 2.24. The van der Waals surface area contributed by atoms with Crippen molar-refractivity contribution >= 4 is 21.8 Å². The van der Waals surface area contributed by atoms with Gasteiger partial charge >= 0.3 is 0 Å². The zero-order chi connectivity index (χ0) is 15.6. The number of hydrogen-bond donors (Lipinski definition) is 0. The number of halogens is 1. The average molecular weight is 332 g/mol. The third kappa shape index (κ3) is 4.16. The average Bonchev–Trinajstić information content (AvgIpc) is 2.40. The molecule has 2 heterocycles. The number of nitrogens with zero attached hydrogens (tertiary/aromatic N) is 3. The molecule has 0 aromatic carbocycles. The first-order chi connectivity index (χ1) is 9.79. The van der Waals surface area contributed by atoms with Gasteiger partial charge in [-0.05, 0) is 29.9 Å². The van der Waals surface area contributed by atoms with Crippen molar-refractivity contribution in [2.24, 2.45) is 11.8 Å². The van der Waals surface area contributed by atoms with Gasteiger partial charge in [0.05, 0.1) is 0 Å². The highest BCUT2D eigenvalue weighted by atomic mass is 35.5. The van der Waals surface area contributed by atoms with E-state index in [0.29, 0.717) is 36.6 Å². The van der Waals surface area contributed by atoms with E-state index in [1.807, 2.05) is 0 Å². The van der Waals surface area contributed by atoms with Crippen molar-refractivity contribution in [3.05, 3.63) is 29.0 Å². The first-order valence-electron chi connectivity index (χ1n) is 7.11. The molecule has 0 spiro atoms. The van der Waals surface area contributed by atoms with Crippen LogP contribution in [-0.4, -0.2) is 42.1 Å². The van der Waals surface area contributed by atoms with Gasteiger partial charge in [-0.1, -0.05) is 31.5 Å². The summed E-state index contributed by atoms with van der Waals surface area (Å²) in [6, 6.07) is 3.46. The summed E-state index contributed by atoms with van der Waals surface area (Å²) in [7, 11) is -1.83. The summed E-state index contributed by atoms with van der Waals surface area (Å²) in [6.07, 6.45) is 2.69. The lowest BCUT2D eigenvalue weighted by Gasteiger charge is -2.36. The van der Waals surface area contributed by atoms with Gasteiger partial charge in [0.2, 0.25) is 0 Å². The van der Waals surface area contributed by atoms with Crippen LogP contribution in [-0.2, 0) is 16.8 Å². The summed E-state index contributed by atoms with van der Waals surface area (Å²) in [4.78, 5) is 3.98. The van der Waals surface area contributed by atoms with Crippen molar-refractivity contribution < 1.29 is 8.42 Å². The summed E-state index contributed by atoms with van der Waals surface area (Å²) < 4.78 is 28.3. The molecule has 0 amide bonds. The Hall–Kier alpha value is -0.690. The van der Waals surface area contributed by atoms with Crippen LogP contribution in [0.2, 0.25) is 5.15 Å². The van der Waals surface area contributed by atoms with Gasteiger partial charge in [-0.15, -0.1) is 0 Å². The van der Waals surface area contributed by atoms with E-state index < -0.39 is 10.2 Å². The second-order valence-electron chi connectivity index (χ2n) is 6.02. The van der Waals surface area contributed by atoms with Crippen molar-refractivity contribution in [1.82, 2.24) is 13.6 Å². The lowest BCUT2D eigenvalue weighted by Crippen LogP contribution is -2.48. The van der Waals surface area contributed by atoms with Gasteiger partial charge < -0.3 is 0 Å². The maximum Gasteiger partial charge on any atom is 0.282 e. The first-order valence-corrected chi connectivity index (χ1v) is 8.88. The Morgan fingerprint density at radius 1 is 1.33 bits per heavy atom. The summed E-state index contributed by atoms with van der Waals surface area (Å²) in [6.45, 7) is 5.68. The largest absolute Gasteiger partial charge is 0.282 e. The Morgan fingerprint density at radius 2 is 1.95 bits per heavy atom. The molecule has 2 atom stereocenters. The van der Waals surface area contributed by atoms with Crippen molar-refractivity contribution in [2.75, 3.05) is 20.1 Å².